The van der Waals surface area contributed by atoms with Gasteiger partial charge in [-0.05, 0) is 36.4 Å². The summed E-state index contributed by atoms with van der Waals surface area (Å²) in [6.45, 7) is 1.76. The van der Waals surface area contributed by atoms with Gasteiger partial charge in [-0.2, -0.15) is 5.26 Å². The quantitative estimate of drug-likeness (QED) is 0.813. The summed E-state index contributed by atoms with van der Waals surface area (Å²) in [5, 5.41) is 11.3. The minimum absolute atomic E-state index is 0.0352. The highest BCUT2D eigenvalue weighted by molar-refractivity contribution is 5.82. The van der Waals surface area contributed by atoms with Crippen LogP contribution in [0.15, 0.2) is 36.7 Å². The number of nitrogens with zero attached hydrogens (tertiary/aromatic N) is 4. The Hall–Kier alpha value is -2.72. The first-order valence-electron chi connectivity index (χ1n) is 9.68. The third-order valence-corrected chi connectivity index (χ3v) is 5.53. The molecule has 2 saturated heterocycles. The summed E-state index contributed by atoms with van der Waals surface area (Å²) < 4.78 is 19.6. The molecule has 2 atom stereocenters. The van der Waals surface area contributed by atoms with Gasteiger partial charge in [-0.25, -0.2) is 4.39 Å². The zero-order valence-corrected chi connectivity index (χ0v) is 15.6. The van der Waals surface area contributed by atoms with Crippen molar-refractivity contribution in [2.24, 2.45) is 0 Å². The number of likely N-dealkylation sites (tertiary alicyclic amines) is 2. The maximum Gasteiger partial charge on any atom is 0.237 e. The Balaban J connectivity index is 1.28. The average Bonchev–Trinajstić information content (AvgIpc) is 3.10. The Morgan fingerprint density at radius 3 is 2.89 bits per heavy atom. The zero-order chi connectivity index (χ0) is 19.5. The Bertz CT molecular complexity index is 891. The standard InChI is InChI=1S/C21H23FN4O2/c22-17-10-18(11-23)26(13-17)21(27)14-25-7-4-19(5-8-25)28-20-2-1-15-3-6-24-12-16(15)9-20/h1-3,6,9,12,17-19H,4-5,7-8,10,13-14H2/t17-,18-/m0/s1. The Kier molecular flexibility index (Phi) is 5.40. The number of amides is 1. The number of rotatable bonds is 4. The second-order valence-electron chi connectivity index (χ2n) is 7.50. The number of benzene rings is 1. The number of nitriles is 1. The van der Waals surface area contributed by atoms with E-state index < -0.39 is 12.2 Å². The maximum absolute atomic E-state index is 13.5. The number of hydrogen-bond acceptors (Lipinski definition) is 5. The first-order valence-corrected chi connectivity index (χ1v) is 9.68. The van der Waals surface area contributed by atoms with Crippen molar-refractivity contribution >= 4 is 16.7 Å². The van der Waals surface area contributed by atoms with Crippen LogP contribution in [-0.2, 0) is 4.79 Å². The smallest absolute Gasteiger partial charge is 0.237 e. The maximum atomic E-state index is 13.5. The predicted octanol–water partition coefficient (Wildman–Crippen LogP) is 2.54. The molecular formula is C21H23FN4O2. The lowest BCUT2D eigenvalue weighted by molar-refractivity contribution is -0.133. The van der Waals surface area contributed by atoms with Crippen LogP contribution < -0.4 is 4.74 Å². The summed E-state index contributed by atoms with van der Waals surface area (Å²) in [5.74, 6) is 0.672. The third kappa shape index (κ3) is 4.07. The Labute approximate surface area is 163 Å². The number of alkyl halides is 1. The van der Waals surface area contributed by atoms with E-state index in [-0.39, 0.29) is 31.5 Å². The van der Waals surface area contributed by atoms with Crippen molar-refractivity contribution in [2.45, 2.75) is 37.6 Å². The second-order valence-corrected chi connectivity index (χ2v) is 7.50. The fraction of sp³-hybridized carbons (Fsp3) is 0.476. The molecule has 0 aliphatic carbocycles. The molecule has 2 aliphatic rings. The van der Waals surface area contributed by atoms with E-state index >= 15 is 0 Å². The van der Waals surface area contributed by atoms with Gasteiger partial charge in [0, 0.05) is 37.3 Å². The van der Waals surface area contributed by atoms with E-state index in [2.05, 4.69) is 9.88 Å². The van der Waals surface area contributed by atoms with Crippen molar-refractivity contribution < 1.29 is 13.9 Å². The van der Waals surface area contributed by atoms with E-state index in [4.69, 9.17) is 10.00 Å². The van der Waals surface area contributed by atoms with Gasteiger partial charge in [-0.1, -0.05) is 6.07 Å². The van der Waals surface area contributed by atoms with Gasteiger partial charge in [-0.15, -0.1) is 0 Å². The summed E-state index contributed by atoms with van der Waals surface area (Å²) in [4.78, 5) is 20.0. The highest BCUT2D eigenvalue weighted by Gasteiger charge is 2.36. The summed E-state index contributed by atoms with van der Waals surface area (Å²) >= 11 is 0. The van der Waals surface area contributed by atoms with Crippen molar-refractivity contribution in [1.82, 2.24) is 14.8 Å². The molecule has 28 heavy (non-hydrogen) atoms. The van der Waals surface area contributed by atoms with Crippen LogP contribution in [0.2, 0.25) is 0 Å². The molecule has 0 unspecified atom stereocenters. The number of piperidine rings is 1. The van der Waals surface area contributed by atoms with E-state index in [0.29, 0.717) is 0 Å². The largest absolute Gasteiger partial charge is 0.490 e. The van der Waals surface area contributed by atoms with Crippen LogP contribution in [0, 0.1) is 11.3 Å². The van der Waals surface area contributed by atoms with Gasteiger partial charge in [0.25, 0.3) is 0 Å². The molecule has 7 heteroatoms. The molecular weight excluding hydrogens is 359 g/mol. The average molecular weight is 382 g/mol. The molecule has 146 valence electrons. The molecule has 2 aromatic rings. The number of hydrogen-bond donors (Lipinski definition) is 0. The molecule has 2 aliphatic heterocycles. The topological polar surface area (TPSA) is 69.5 Å². The van der Waals surface area contributed by atoms with Gasteiger partial charge in [0.05, 0.1) is 19.2 Å². The first-order chi connectivity index (χ1) is 13.6. The van der Waals surface area contributed by atoms with E-state index in [1.54, 1.807) is 6.20 Å². The fourth-order valence-electron chi connectivity index (χ4n) is 3.98. The van der Waals surface area contributed by atoms with Crippen molar-refractivity contribution in [3.63, 3.8) is 0 Å². The van der Waals surface area contributed by atoms with Crippen LogP contribution in [-0.4, -0.2) is 65.2 Å². The molecule has 1 aromatic heterocycles. The molecule has 0 radical (unpaired) electrons. The number of aromatic nitrogens is 1. The van der Waals surface area contributed by atoms with E-state index in [1.807, 2.05) is 36.5 Å². The minimum atomic E-state index is -1.09. The van der Waals surface area contributed by atoms with Gasteiger partial charge in [0.15, 0.2) is 0 Å². The van der Waals surface area contributed by atoms with Gasteiger partial charge in [0.2, 0.25) is 5.91 Å². The van der Waals surface area contributed by atoms with Crippen LogP contribution in [0.25, 0.3) is 10.8 Å². The molecule has 0 spiro atoms. The summed E-state index contributed by atoms with van der Waals surface area (Å²) in [6.07, 6.45) is 4.39. The number of carbonyl (C=O) groups is 1. The van der Waals surface area contributed by atoms with Gasteiger partial charge < -0.3 is 9.64 Å². The molecule has 6 nitrogen and oxygen atoms in total. The van der Waals surface area contributed by atoms with Crippen LogP contribution >= 0.6 is 0 Å². The molecule has 1 aromatic carbocycles. The van der Waals surface area contributed by atoms with Gasteiger partial charge in [-0.3, -0.25) is 14.7 Å². The van der Waals surface area contributed by atoms with Crippen LogP contribution in [0.5, 0.6) is 5.75 Å². The summed E-state index contributed by atoms with van der Waals surface area (Å²) in [5.41, 5.74) is 0. The molecule has 2 fully saturated rings. The SMILES string of the molecule is N#C[C@@H]1C[C@H](F)CN1C(=O)CN1CCC(Oc2ccc3ccncc3c2)CC1. The summed E-state index contributed by atoms with van der Waals surface area (Å²) in [6, 6.07) is 9.37. The third-order valence-electron chi connectivity index (χ3n) is 5.53. The monoisotopic (exact) mass is 382 g/mol. The lowest BCUT2D eigenvalue weighted by atomic mass is 10.1. The summed E-state index contributed by atoms with van der Waals surface area (Å²) in [7, 11) is 0. The Morgan fingerprint density at radius 1 is 1.29 bits per heavy atom. The Morgan fingerprint density at radius 2 is 2.11 bits per heavy atom. The zero-order valence-electron chi connectivity index (χ0n) is 15.6. The highest BCUT2D eigenvalue weighted by atomic mass is 19.1. The van der Waals surface area contributed by atoms with E-state index in [0.717, 1.165) is 42.5 Å². The van der Waals surface area contributed by atoms with E-state index in [9.17, 15) is 9.18 Å². The van der Waals surface area contributed by atoms with Gasteiger partial charge >= 0.3 is 0 Å². The number of halogens is 1. The molecule has 0 saturated carbocycles. The highest BCUT2D eigenvalue weighted by Crippen LogP contribution is 2.24. The van der Waals surface area contributed by atoms with Gasteiger partial charge in [0.1, 0.15) is 24.1 Å². The van der Waals surface area contributed by atoms with Crippen molar-refractivity contribution in [1.29, 1.82) is 5.26 Å². The molecule has 1 amide bonds. The van der Waals surface area contributed by atoms with E-state index in [1.165, 1.54) is 4.90 Å². The minimum Gasteiger partial charge on any atom is -0.490 e. The molecule has 0 bridgehead atoms. The molecule has 0 N–H and O–H groups in total. The molecule has 3 heterocycles. The first kappa shape index (κ1) is 18.6. The van der Waals surface area contributed by atoms with Crippen molar-refractivity contribution in [3.8, 4) is 11.8 Å². The number of ether oxygens (including phenoxy) is 1. The van der Waals surface area contributed by atoms with Crippen LogP contribution in [0.3, 0.4) is 0 Å². The fourth-order valence-corrected chi connectivity index (χ4v) is 3.98. The molecule has 4 rings (SSSR count). The van der Waals surface area contributed by atoms with Crippen LogP contribution in [0.4, 0.5) is 4.39 Å². The normalized spacial score (nSPS) is 23.6. The van der Waals surface area contributed by atoms with Crippen LogP contribution in [0.1, 0.15) is 19.3 Å². The lowest BCUT2D eigenvalue weighted by Crippen LogP contribution is -2.46. The lowest BCUT2D eigenvalue weighted by Gasteiger charge is -2.33. The number of carbonyl (C=O) groups excluding carboxylic acids is 1. The number of fused-ring (bicyclic) bond motifs is 1. The second kappa shape index (κ2) is 8.11. The predicted molar refractivity (Wildman–Crippen MR) is 102 cm³/mol. The van der Waals surface area contributed by atoms with Crippen molar-refractivity contribution in [3.05, 3.63) is 36.7 Å². The van der Waals surface area contributed by atoms with Crippen molar-refractivity contribution in [2.75, 3.05) is 26.2 Å². The number of pyridine rings is 1.